The van der Waals surface area contributed by atoms with Crippen LogP contribution >= 0.6 is 35.3 Å². The molecule has 0 saturated carbocycles. The lowest BCUT2D eigenvalue weighted by molar-refractivity contribution is 0.0179. The average Bonchev–Trinajstić information content (AvgIpc) is 3.24. The maximum Gasteiger partial charge on any atom is 0.191 e. The molecule has 0 aliphatic carbocycles. The zero-order valence-corrected chi connectivity index (χ0v) is 22.0. The Labute approximate surface area is 207 Å². The number of hydrogen-bond donors (Lipinski definition) is 2. The monoisotopic (exact) mass is 557 g/mol. The third kappa shape index (κ3) is 8.32. The molecule has 2 N–H and O–H groups in total. The van der Waals surface area contributed by atoms with Gasteiger partial charge in [-0.1, -0.05) is 36.8 Å². The predicted octanol–water partition coefficient (Wildman–Crippen LogP) is 3.80. The molecule has 0 radical (unpaired) electrons. The first-order valence-corrected chi connectivity index (χ1v) is 11.8. The molecule has 1 aliphatic rings. The van der Waals surface area contributed by atoms with Crippen molar-refractivity contribution < 1.29 is 4.74 Å². The molecule has 6 nitrogen and oxygen atoms in total. The van der Waals surface area contributed by atoms with Crippen LogP contribution in [-0.4, -0.2) is 61.8 Å². The average molecular weight is 558 g/mol. The van der Waals surface area contributed by atoms with Crippen molar-refractivity contribution in [3.63, 3.8) is 0 Å². The van der Waals surface area contributed by atoms with Crippen molar-refractivity contribution in [1.82, 2.24) is 20.5 Å². The van der Waals surface area contributed by atoms with E-state index in [0.717, 1.165) is 64.7 Å². The second-order valence-electron chi connectivity index (χ2n) is 7.55. The van der Waals surface area contributed by atoms with Gasteiger partial charge >= 0.3 is 0 Å². The molecule has 1 aromatic heterocycles. The molecule has 3 rings (SSSR count). The number of aromatic nitrogens is 1. The van der Waals surface area contributed by atoms with Gasteiger partial charge in [0, 0.05) is 43.7 Å². The van der Waals surface area contributed by atoms with Crippen molar-refractivity contribution in [3.8, 4) is 0 Å². The van der Waals surface area contributed by atoms with Crippen molar-refractivity contribution in [3.05, 3.63) is 51.5 Å². The van der Waals surface area contributed by atoms with Crippen LogP contribution in [0.15, 0.2) is 35.5 Å². The highest BCUT2D eigenvalue weighted by Gasteiger charge is 2.22. The van der Waals surface area contributed by atoms with Crippen LogP contribution in [0.5, 0.6) is 0 Å². The first-order valence-electron chi connectivity index (χ1n) is 11.0. The van der Waals surface area contributed by atoms with Gasteiger partial charge < -0.3 is 15.4 Å². The highest BCUT2D eigenvalue weighted by atomic mass is 127. The topological polar surface area (TPSA) is 61.8 Å². The maximum absolute atomic E-state index is 5.57. The van der Waals surface area contributed by atoms with E-state index < -0.39 is 0 Å². The molecule has 31 heavy (non-hydrogen) atoms. The van der Waals surface area contributed by atoms with E-state index in [0.29, 0.717) is 0 Å². The molecule has 0 bridgehead atoms. The Hall–Kier alpha value is -1.23. The first-order chi connectivity index (χ1) is 14.7. The standard InChI is InChI=1S/C23H35N5OS.HI/c1-4-20-16-26-22(30-20)10-11-25-23(24-5-2)27-17-21(28-12-14-29-15-13-28)19-8-6-18(3)7-9-19;/h6-9,16,21H,4-5,10-15,17H2,1-3H3,(H2,24,25,27);1H. The fourth-order valence-electron chi connectivity index (χ4n) is 3.54. The van der Waals surface area contributed by atoms with Crippen molar-refractivity contribution >= 4 is 41.3 Å². The van der Waals surface area contributed by atoms with E-state index >= 15 is 0 Å². The minimum absolute atomic E-state index is 0. The third-order valence-electron chi connectivity index (χ3n) is 5.30. The fraction of sp³-hybridized carbons (Fsp3) is 0.565. The Morgan fingerprint density at radius 2 is 1.94 bits per heavy atom. The molecular formula is C23H36IN5OS. The second-order valence-corrected chi connectivity index (χ2v) is 8.74. The minimum atomic E-state index is 0. The molecule has 1 saturated heterocycles. The van der Waals surface area contributed by atoms with E-state index in [9.17, 15) is 0 Å². The molecule has 172 valence electrons. The summed E-state index contributed by atoms with van der Waals surface area (Å²) in [7, 11) is 0. The highest BCUT2D eigenvalue weighted by molar-refractivity contribution is 14.0. The number of rotatable bonds is 9. The molecule has 1 fully saturated rings. The smallest absolute Gasteiger partial charge is 0.191 e. The lowest BCUT2D eigenvalue weighted by Crippen LogP contribution is -2.42. The molecule has 0 spiro atoms. The summed E-state index contributed by atoms with van der Waals surface area (Å²) in [5, 5.41) is 8.04. The zero-order valence-electron chi connectivity index (χ0n) is 18.9. The van der Waals surface area contributed by atoms with Crippen LogP contribution in [0.2, 0.25) is 0 Å². The maximum atomic E-state index is 5.57. The number of hydrogen-bond acceptors (Lipinski definition) is 5. The minimum Gasteiger partial charge on any atom is -0.379 e. The van der Waals surface area contributed by atoms with Crippen LogP contribution in [-0.2, 0) is 17.6 Å². The number of aryl methyl sites for hydroxylation is 2. The van der Waals surface area contributed by atoms with Gasteiger partial charge in [0.25, 0.3) is 0 Å². The summed E-state index contributed by atoms with van der Waals surface area (Å²) in [5.74, 6) is 0.871. The predicted molar refractivity (Wildman–Crippen MR) is 141 cm³/mol. The van der Waals surface area contributed by atoms with E-state index in [1.807, 2.05) is 6.20 Å². The third-order valence-corrected chi connectivity index (χ3v) is 6.50. The normalized spacial score (nSPS) is 15.9. The van der Waals surface area contributed by atoms with E-state index in [1.165, 1.54) is 21.0 Å². The molecule has 2 aromatic rings. The number of ether oxygens (including phenoxy) is 1. The number of aliphatic imine (C=N–C) groups is 1. The van der Waals surface area contributed by atoms with Gasteiger partial charge in [0.2, 0.25) is 0 Å². The van der Waals surface area contributed by atoms with Crippen LogP contribution in [0, 0.1) is 6.92 Å². The van der Waals surface area contributed by atoms with Gasteiger partial charge in [0.15, 0.2) is 5.96 Å². The van der Waals surface area contributed by atoms with Crippen LogP contribution in [0.4, 0.5) is 0 Å². The van der Waals surface area contributed by atoms with Gasteiger partial charge in [0.1, 0.15) is 0 Å². The Bertz CT molecular complexity index is 790. The van der Waals surface area contributed by atoms with E-state index in [-0.39, 0.29) is 30.0 Å². The number of thiazole rings is 1. The zero-order chi connectivity index (χ0) is 21.2. The van der Waals surface area contributed by atoms with Crippen LogP contribution in [0.25, 0.3) is 0 Å². The fourth-order valence-corrected chi connectivity index (χ4v) is 4.41. The second kappa shape index (κ2) is 14.0. The molecule has 1 aromatic carbocycles. The van der Waals surface area contributed by atoms with E-state index in [4.69, 9.17) is 9.73 Å². The number of nitrogens with zero attached hydrogens (tertiary/aromatic N) is 3. The van der Waals surface area contributed by atoms with Crippen molar-refractivity contribution in [2.24, 2.45) is 4.99 Å². The SMILES string of the molecule is CCNC(=NCC(c1ccc(C)cc1)N1CCOCC1)NCCc1ncc(CC)s1.I. The highest BCUT2D eigenvalue weighted by Crippen LogP contribution is 2.23. The molecule has 1 unspecified atom stereocenters. The lowest BCUT2D eigenvalue weighted by Gasteiger charge is -2.34. The summed E-state index contributed by atoms with van der Waals surface area (Å²) in [6, 6.07) is 9.11. The molecule has 8 heteroatoms. The summed E-state index contributed by atoms with van der Waals surface area (Å²) >= 11 is 1.80. The number of benzene rings is 1. The van der Waals surface area contributed by atoms with Gasteiger partial charge in [-0.15, -0.1) is 35.3 Å². The quantitative estimate of drug-likeness (QED) is 0.279. The van der Waals surface area contributed by atoms with Crippen LogP contribution in [0.3, 0.4) is 0 Å². The first kappa shape index (κ1) is 26.0. The van der Waals surface area contributed by atoms with Gasteiger partial charge in [0.05, 0.1) is 30.8 Å². The summed E-state index contributed by atoms with van der Waals surface area (Å²) < 4.78 is 5.57. The molecule has 2 heterocycles. The molecule has 1 aliphatic heterocycles. The van der Waals surface area contributed by atoms with Crippen LogP contribution in [0.1, 0.15) is 40.9 Å². The van der Waals surface area contributed by atoms with Crippen molar-refractivity contribution in [1.29, 1.82) is 0 Å². The number of halogens is 1. The van der Waals surface area contributed by atoms with Crippen molar-refractivity contribution in [2.75, 3.05) is 45.9 Å². The Balaban J connectivity index is 0.00000341. The van der Waals surface area contributed by atoms with E-state index in [1.54, 1.807) is 11.3 Å². The van der Waals surface area contributed by atoms with E-state index in [2.05, 4.69) is 65.6 Å². The molecular weight excluding hydrogens is 521 g/mol. The Morgan fingerprint density at radius 1 is 1.19 bits per heavy atom. The number of morpholine rings is 1. The summed E-state index contributed by atoms with van der Waals surface area (Å²) in [6.07, 6.45) is 3.96. The summed E-state index contributed by atoms with van der Waals surface area (Å²) in [4.78, 5) is 13.3. The van der Waals surface area contributed by atoms with Gasteiger partial charge in [-0.25, -0.2) is 4.98 Å². The number of nitrogens with one attached hydrogen (secondary N) is 2. The Kier molecular flexibility index (Phi) is 11.8. The molecule has 1 atom stereocenters. The van der Waals surface area contributed by atoms with Gasteiger partial charge in [-0.2, -0.15) is 0 Å². The van der Waals surface area contributed by atoms with Gasteiger partial charge in [-0.3, -0.25) is 9.89 Å². The number of guanidine groups is 1. The van der Waals surface area contributed by atoms with Crippen LogP contribution < -0.4 is 10.6 Å². The Morgan fingerprint density at radius 3 is 2.58 bits per heavy atom. The van der Waals surface area contributed by atoms with Crippen molar-refractivity contribution in [2.45, 2.75) is 39.7 Å². The van der Waals surface area contributed by atoms with Gasteiger partial charge in [-0.05, 0) is 25.8 Å². The summed E-state index contributed by atoms with van der Waals surface area (Å²) in [5.41, 5.74) is 2.60. The summed E-state index contributed by atoms with van der Waals surface area (Å²) in [6.45, 7) is 12.3. The largest absolute Gasteiger partial charge is 0.379 e. The lowest BCUT2D eigenvalue weighted by atomic mass is 10.0. The molecule has 0 amide bonds.